The first kappa shape index (κ1) is 12.4. The second kappa shape index (κ2) is 5.52. The average molecular weight is 287 g/mol. The summed E-state index contributed by atoms with van der Waals surface area (Å²) in [4.78, 5) is 11.6. The first-order valence-electron chi connectivity index (χ1n) is 4.66. The number of aryl methyl sites for hydroxylation is 2. The summed E-state index contributed by atoms with van der Waals surface area (Å²) in [5.41, 5.74) is 0. The minimum atomic E-state index is -0.112. The van der Waals surface area contributed by atoms with Gasteiger partial charge in [0, 0.05) is 0 Å². The Morgan fingerprint density at radius 1 is 1.18 bits per heavy atom. The maximum absolute atomic E-state index is 11.6. The number of nitrogens with zero attached hydrogens (tertiary/aromatic N) is 4. The fraction of sp³-hybridized carbons (Fsp3) is 0.375. The number of thioether (sulfide) groups is 1. The van der Waals surface area contributed by atoms with Crippen LogP contribution in [0.15, 0.2) is 4.34 Å². The van der Waals surface area contributed by atoms with Crippen LogP contribution in [-0.4, -0.2) is 32.1 Å². The number of amides is 1. The number of carbonyl (C=O) groups is 1. The van der Waals surface area contributed by atoms with E-state index in [1.54, 1.807) is 0 Å². The predicted octanol–water partition coefficient (Wildman–Crippen LogP) is 1.74. The van der Waals surface area contributed by atoms with Crippen molar-refractivity contribution < 1.29 is 4.79 Å². The molecule has 0 fully saturated rings. The first-order chi connectivity index (χ1) is 8.13. The van der Waals surface area contributed by atoms with Crippen LogP contribution in [0.5, 0.6) is 0 Å². The molecule has 2 rings (SSSR count). The van der Waals surface area contributed by atoms with Crippen molar-refractivity contribution in [3.8, 4) is 0 Å². The normalized spacial score (nSPS) is 10.5. The Morgan fingerprint density at radius 2 is 1.88 bits per heavy atom. The van der Waals surface area contributed by atoms with Gasteiger partial charge in [0.05, 0.1) is 5.75 Å². The topological polar surface area (TPSA) is 80.7 Å². The molecule has 0 aliphatic heterocycles. The highest BCUT2D eigenvalue weighted by Crippen LogP contribution is 2.22. The molecular formula is C8H9N5OS3. The van der Waals surface area contributed by atoms with Crippen molar-refractivity contribution >= 4 is 45.5 Å². The second-order valence-corrected chi connectivity index (χ2v) is 6.64. The summed E-state index contributed by atoms with van der Waals surface area (Å²) >= 11 is 4.19. The van der Waals surface area contributed by atoms with Gasteiger partial charge in [-0.1, -0.05) is 34.4 Å². The Hall–Kier alpha value is -1.06. The Balaban J connectivity index is 1.82. The van der Waals surface area contributed by atoms with E-state index in [1.165, 1.54) is 34.4 Å². The van der Waals surface area contributed by atoms with Gasteiger partial charge in [-0.15, -0.1) is 20.4 Å². The van der Waals surface area contributed by atoms with E-state index in [9.17, 15) is 4.79 Å². The molecule has 90 valence electrons. The van der Waals surface area contributed by atoms with Crippen molar-refractivity contribution in [1.82, 2.24) is 20.4 Å². The van der Waals surface area contributed by atoms with Crippen LogP contribution in [0.2, 0.25) is 0 Å². The van der Waals surface area contributed by atoms with Gasteiger partial charge in [0.2, 0.25) is 11.0 Å². The summed E-state index contributed by atoms with van der Waals surface area (Å²) in [7, 11) is 0. The van der Waals surface area contributed by atoms with Crippen LogP contribution >= 0.6 is 34.4 Å². The average Bonchev–Trinajstić information content (AvgIpc) is 2.85. The van der Waals surface area contributed by atoms with Crippen LogP contribution in [0.4, 0.5) is 5.13 Å². The first-order valence-corrected chi connectivity index (χ1v) is 7.28. The highest BCUT2D eigenvalue weighted by Gasteiger charge is 2.08. The summed E-state index contributed by atoms with van der Waals surface area (Å²) < 4.78 is 0.797. The van der Waals surface area contributed by atoms with E-state index in [0.717, 1.165) is 14.4 Å². The van der Waals surface area contributed by atoms with E-state index in [2.05, 4.69) is 25.7 Å². The van der Waals surface area contributed by atoms with Crippen molar-refractivity contribution in [2.75, 3.05) is 11.1 Å². The van der Waals surface area contributed by atoms with Crippen molar-refractivity contribution in [3.05, 3.63) is 10.0 Å². The van der Waals surface area contributed by atoms with Crippen LogP contribution in [-0.2, 0) is 4.79 Å². The molecule has 9 heteroatoms. The van der Waals surface area contributed by atoms with Gasteiger partial charge in [0.15, 0.2) is 4.34 Å². The number of hydrogen-bond acceptors (Lipinski definition) is 8. The third-order valence-electron chi connectivity index (χ3n) is 1.61. The second-order valence-electron chi connectivity index (χ2n) is 3.05. The molecule has 0 aliphatic carbocycles. The Labute approximate surface area is 110 Å². The minimum absolute atomic E-state index is 0.112. The summed E-state index contributed by atoms with van der Waals surface area (Å²) in [5, 5.41) is 20.4. The van der Waals surface area contributed by atoms with E-state index < -0.39 is 0 Å². The van der Waals surface area contributed by atoms with Gasteiger partial charge in [-0.25, -0.2) is 0 Å². The van der Waals surface area contributed by atoms with Crippen LogP contribution in [0.1, 0.15) is 10.0 Å². The lowest BCUT2D eigenvalue weighted by Crippen LogP contribution is -2.13. The zero-order valence-electron chi connectivity index (χ0n) is 9.13. The van der Waals surface area contributed by atoms with Crippen molar-refractivity contribution in [3.63, 3.8) is 0 Å². The highest BCUT2D eigenvalue weighted by molar-refractivity contribution is 8.01. The minimum Gasteiger partial charge on any atom is -0.300 e. The van der Waals surface area contributed by atoms with Crippen molar-refractivity contribution in [2.24, 2.45) is 0 Å². The van der Waals surface area contributed by atoms with Crippen molar-refractivity contribution in [1.29, 1.82) is 0 Å². The Bertz CT molecular complexity index is 523. The van der Waals surface area contributed by atoms with Gasteiger partial charge in [0.25, 0.3) is 0 Å². The third-order valence-corrected chi connectivity index (χ3v) is 4.33. The SMILES string of the molecule is Cc1nnc(NC(=O)CSc2nnc(C)s2)s1. The molecule has 1 N–H and O–H groups in total. The molecule has 1 amide bonds. The molecule has 0 bridgehead atoms. The van der Waals surface area contributed by atoms with Crippen LogP contribution in [0, 0.1) is 13.8 Å². The van der Waals surface area contributed by atoms with E-state index in [1.807, 2.05) is 13.8 Å². The lowest BCUT2D eigenvalue weighted by Gasteiger charge is -1.97. The zero-order chi connectivity index (χ0) is 12.3. The van der Waals surface area contributed by atoms with E-state index in [0.29, 0.717) is 10.9 Å². The Kier molecular flexibility index (Phi) is 4.02. The summed E-state index contributed by atoms with van der Waals surface area (Å²) in [6.45, 7) is 3.72. The predicted molar refractivity (Wildman–Crippen MR) is 68.6 cm³/mol. The number of carbonyl (C=O) groups excluding carboxylic acids is 1. The number of anilines is 1. The van der Waals surface area contributed by atoms with Gasteiger partial charge in [-0.2, -0.15) is 0 Å². The van der Waals surface area contributed by atoms with Gasteiger partial charge < -0.3 is 0 Å². The summed E-state index contributed by atoms with van der Waals surface area (Å²) in [5.74, 6) is 0.187. The summed E-state index contributed by atoms with van der Waals surface area (Å²) in [6, 6.07) is 0. The molecule has 0 radical (unpaired) electrons. The van der Waals surface area contributed by atoms with Crippen LogP contribution < -0.4 is 5.32 Å². The number of aromatic nitrogens is 4. The van der Waals surface area contributed by atoms with Gasteiger partial charge in [0.1, 0.15) is 10.0 Å². The molecule has 2 aromatic rings. The maximum Gasteiger partial charge on any atom is 0.236 e. The van der Waals surface area contributed by atoms with Crippen LogP contribution in [0.3, 0.4) is 0 Å². The molecule has 2 aromatic heterocycles. The quantitative estimate of drug-likeness (QED) is 0.863. The van der Waals surface area contributed by atoms with E-state index in [4.69, 9.17) is 0 Å². The van der Waals surface area contributed by atoms with Crippen molar-refractivity contribution in [2.45, 2.75) is 18.2 Å². The molecular weight excluding hydrogens is 278 g/mol. The van der Waals surface area contributed by atoms with Gasteiger partial charge in [-0.05, 0) is 13.8 Å². The maximum atomic E-state index is 11.6. The standard InChI is InChI=1S/C8H9N5OS3/c1-4-10-12-7(16-4)9-6(14)3-15-8-13-11-5(2)17-8/h3H2,1-2H3,(H,9,12,14). The number of hydrogen-bond donors (Lipinski definition) is 1. The molecule has 0 atom stereocenters. The largest absolute Gasteiger partial charge is 0.300 e. The van der Waals surface area contributed by atoms with Gasteiger partial charge in [-0.3, -0.25) is 10.1 Å². The smallest absolute Gasteiger partial charge is 0.236 e. The van der Waals surface area contributed by atoms with E-state index >= 15 is 0 Å². The van der Waals surface area contributed by atoms with Crippen LogP contribution in [0.25, 0.3) is 0 Å². The monoisotopic (exact) mass is 287 g/mol. The van der Waals surface area contributed by atoms with Gasteiger partial charge >= 0.3 is 0 Å². The number of nitrogens with one attached hydrogen (secondary N) is 1. The fourth-order valence-corrected chi connectivity index (χ4v) is 3.19. The van der Waals surface area contributed by atoms with E-state index in [-0.39, 0.29) is 5.91 Å². The molecule has 0 saturated heterocycles. The fourth-order valence-electron chi connectivity index (χ4n) is 0.966. The third kappa shape index (κ3) is 3.72. The molecule has 0 spiro atoms. The Morgan fingerprint density at radius 3 is 2.47 bits per heavy atom. The molecule has 17 heavy (non-hydrogen) atoms. The molecule has 0 aliphatic rings. The highest BCUT2D eigenvalue weighted by atomic mass is 32.2. The lowest BCUT2D eigenvalue weighted by molar-refractivity contribution is -0.113. The lowest BCUT2D eigenvalue weighted by atomic mass is 10.7. The number of rotatable bonds is 4. The molecule has 2 heterocycles. The summed E-state index contributed by atoms with van der Waals surface area (Å²) in [6.07, 6.45) is 0. The molecule has 6 nitrogen and oxygen atoms in total. The molecule has 0 unspecified atom stereocenters. The molecule has 0 aromatic carbocycles. The molecule has 0 saturated carbocycles. The zero-order valence-corrected chi connectivity index (χ0v) is 11.6.